The smallest absolute Gasteiger partial charge is 0.129 e. The molecule has 4 heteroatoms. The van der Waals surface area contributed by atoms with Crippen LogP contribution in [-0.4, -0.2) is 9.55 Å². The third-order valence-corrected chi connectivity index (χ3v) is 4.34. The van der Waals surface area contributed by atoms with E-state index in [0.717, 1.165) is 27.0 Å². The molecule has 0 atom stereocenters. The summed E-state index contributed by atoms with van der Waals surface area (Å²) in [5.41, 5.74) is 4.50. The van der Waals surface area contributed by atoms with Crippen LogP contribution in [0.5, 0.6) is 0 Å². The van der Waals surface area contributed by atoms with Gasteiger partial charge in [-0.2, -0.15) is 0 Å². The zero-order valence-electron chi connectivity index (χ0n) is 12.0. The fraction of sp³-hybridized carbons (Fsp3) is 0.235. The van der Waals surface area contributed by atoms with E-state index >= 15 is 0 Å². The van der Waals surface area contributed by atoms with Crippen molar-refractivity contribution in [2.24, 2.45) is 0 Å². The third-order valence-electron chi connectivity index (χ3n) is 3.61. The molecule has 1 aromatic heterocycles. The van der Waals surface area contributed by atoms with Crippen LogP contribution in [0.25, 0.3) is 16.7 Å². The first kappa shape index (κ1) is 14.6. The van der Waals surface area contributed by atoms with Crippen molar-refractivity contribution in [1.82, 2.24) is 9.55 Å². The number of aromatic nitrogens is 2. The zero-order chi connectivity index (χ0) is 15.0. The zero-order valence-corrected chi connectivity index (χ0v) is 14.3. The van der Waals surface area contributed by atoms with Gasteiger partial charge in [-0.15, -0.1) is 11.6 Å². The van der Waals surface area contributed by atoms with Crippen LogP contribution in [0.4, 0.5) is 0 Å². The molecule has 1 heterocycles. The van der Waals surface area contributed by atoms with E-state index in [-0.39, 0.29) is 0 Å². The van der Waals surface area contributed by atoms with Crippen LogP contribution >= 0.6 is 27.5 Å². The molecule has 2 aromatic carbocycles. The molecule has 0 saturated carbocycles. The second kappa shape index (κ2) is 5.82. The molecule has 0 unspecified atom stereocenters. The molecule has 108 valence electrons. The number of imidazole rings is 1. The van der Waals surface area contributed by atoms with E-state index in [2.05, 4.69) is 69.7 Å². The lowest BCUT2D eigenvalue weighted by Gasteiger charge is -2.15. The lowest BCUT2D eigenvalue weighted by Crippen LogP contribution is -2.04. The lowest BCUT2D eigenvalue weighted by atomic mass is 10.0. The van der Waals surface area contributed by atoms with Gasteiger partial charge in [-0.3, -0.25) is 4.57 Å². The number of fused-ring (bicyclic) bond motifs is 1. The first-order valence-electron chi connectivity index (χ1n) is 6.94. The Morgan fingerprint density at radius 3 is 2.67 bits per heavy atom. The number of rotatable bonds is 3. The van der Waals surface area contributed by atoms with E-state index in [9.17, 15) is 0 Å². The van der Waals surface area contributed by atoms with Crippen molar-refractivity contribution in [3.63, 3.8) is 0 Å². The molecule has 3 aromatic rings. The average molecular weight is 364 g/mol. The summed E-state index contributed by atoms with van der Waals surface area (Å²) in [6.45, 7) is 4.41. The van der Waals surface area contributed by atoms with E-state index in [1.165, 1.54) is 5.56 Å². The molecular weight excluding hydrogens is 348 g/mol. The van der Waals surface area contributed by atoms with Crippen LogP contribution in [0.3, 0.4) is 0 Å². The SMILES string of the molecule is CC(C)c1ccccc1-n1c(CCl)nc2cc(Br)ccc21. The Hall–Kier alpha value is -1.32. The van der Waals surface area contributed by atoms with E-state index in [0.29, 0.717) is 11.8 Å². The average Bonchev–Trinajstić information content (AvgIpc) is 2.84. The number of para-hydroxylation sites is 1. The molecule has 21 heavy (non-hydrogen) atoms. The number of hydrogen-bond acceptors (Lipinski definition) is 1. The molecule has 0 bridgehead atoms. The molecule has 0 fully saturated rings. The molecule has 0 N–H and O–H groups in total. The molecule has 0 aliphatic carbocycles. The summed E-state index contributed by atoms with van der Waals surface area (Å²) in [7, 11) is 0. The second-order valence-corrected chi connectivity index (χ2v) is 6.53. The Labute approximate surface area is 137 Å². The van der Waals surface area contributed by atoms with Crippen molar-refractivity contribution in [2.45, 2.75) is 25.6 Å². The number of benzene rings is 2. The minimum Gasteiger partial charge on any atom is -0.295 e. The van der Waals surface area contributed by atoms with Crippen molar-refractivity contribution in [2.75, 3.05) is 0 Å². The Balaban J connectivity index is 2.34. The van der Waals surface area contributed by atoms with Crippen molar-refractivity contribution >= 4 is 38.6 Å². The van der Waals surface area contributed by atoms with Gasteiger partial charge in [0, 0.05) is 4.47 Å². The topological polar surface area (TPSA) is 17.8 Å². The van der Waals surface area contributed by atoms with E-state index in [1.54, 1.807) is 0 Å². The summed E-state index contributed by atoms with van der Waals surface area (Å²) in [6, 6.07) is 14.6. The summed E-state index contributed by atoms with van der Waals surface area (Å²) in [5, 5.41) is 0. The van der Waals surface area contributed by atoms with Gasteiger partial charge >= 0.3 is 0 Å². The Morgan fingerprint density at radius 1 is 1.19 bits per heavy atom. The van der Waals surface area contributed by atoms with Gasteiger partial charge in [0.05, 0.1) is 22.6 Å². The molecule has 0 aliphatic rings. The summed E-state index contributed by atoms with van der Waals surface area (Å²) < 4.78 is 3.20. The van der Waals surface area contributed by atoms with Crippen LogP contribution in [0.15, 0.2) is 46.9 Å². The minimum absolute atomic E-state index is 0.388. The largest absolute Gasteiger partial charge is 0.295 e. The van der Waals surface area contributed by atoms with Gasteiger partial charge in [0.1, 0.15) is 5.82 Å². The van der Waals surface area contributed by atoms with Crippen molar-refractivity contribution in [3.8, 4) is 5.69 Å². The highest BCUT2D eigenvalue weighted by atomic mass is 79.9. The van der Waals surface area contributed by atoms with Crippen LogP contribution in [0.1, 0.15) is 31.2 Å². The quantitative estimate of drug-likeness (QED) is 0.550. The van der Waals surface area contributed by atoms with Gasteiger partial charge < -0.3 is 0 Å². The van der Waals surface area contributed by atoms with Gasteiger partial charge in [0.15, 0.2) is 0 Å². The normalized spacial score (nSPS) is 11.5. The van der Waals surface area contributed by atoms with Gasteiger partial charge in [-0.05, 0) is 35.7 Å². The molecule has 0 saturated heterocycles. The van der Waals surface area contributed by atoms with Crippen LogP contribution in [-0.2, 0) is 5.88 Å². The molecular formula is C17H16BrClN2. The monoisotopic (exact) mass is 362 g/mol. The number of alkyl halides is 1. The van der Waals surface area contributed by atoms with Gasteiger partial charge in [-0.25, -0.2) is 4.98 Å². The molecule has 0 radical (unpaired) electrons. The number of nitrogens with zero attached hydrogens (tertiary/aromatic N) is 2. The number of halogens is 2. The molecule has 3 rings (SSSR count). The van der Waals surface area contributed by atoms with Crippen LogP contribution in [0, 0.1) is 0 Å². The van der Waals surface area contributed by atoms with Gasteiger partial charge in [-0.1, -0.05) is 48.0 Å². The summed E-state index contributed by atoms with van der Waals surface area (Å²) in [5.74, 6) is 1.70. The minimum atomic E-state index is 0.388. The van der Waals surface area contributed by atoms with Crippen molar-refractivity contribution in [3.05, 3.63) is 58.3 Å². The Bertz CT molecular complexity index is 793. The van der Waals surface area contributed by atoms with E-state index in [4.69, 9.17) is 11.6 Å². The molecule has 0 aliphatic heterocycles. The van der Waals surface area contributed by atoms with Gasteiger partial charge in [0.25, 0.3) is 0 Å². The summed E-state index contributed by atoms with van der Waals surface area (Å²) in [4.78, 5) is 4.67. The van der Waals surface area contributed by atoms with E-state index < -0.39 is 0 Å². The Morgan fingerprint density at radius 2 is 1.95 bits per heavy atom. The highest BCUT2D eigenvalue weighted by Crippen LogP contribution is 2.29. The maximum absolute atomic E-state index is 6.13. The van der Waals surface area contributed by atoms with E-state index in [1.807, 2.05) is 12.1 Å². The predicted molar refractivity (Wildman–Crippen MR) is 92.4 cm³/mol. The maximum atomic E-state index is 6.13. The highest BCUT2D eigenvalue weighted by Gasteiger charge is 2.15. The standard InChI is InChI=1S/C17H16BrClN2/c1-11(2)13-5-3-4-6-15(13)21-16-8-7-12(18)9-14(16)20-17(21)10-19/h3-9,11H,10H2,1-2H3. The number of hydrogen-bond donors (Lipinski definition) is 0. The fourth-order valence-corrected chi connectivity index (χ4v) is 3.17. The second-order valence-electron chi connectivity index (χ2n) is 5.34. The predicted octanol–water partition coefficient (Wildman–Crippen LogP) is 5.65. The van der Waals surface area contributed by atoms with Crippen molar-refractivity contribution in [1.29, 1.82) is 0 Å². The van der Waals surface area contributed by atoms with Crippen LogP contribution < -0.4 is 0 Å². The summed E-state index contributed by atoms with van der Waals surface area (Å²) in [6.07, 6.45) is 0. The van der Waals surface area contributed by atoms with Crippen molar-refractivity contribution < 1.29 is 0 Å². The molecule has 0 amide bonds. The Kier molecular flexibility index (Phi) is 4.05. The first-order valence-corrected chi connectivity index (χ1v) is 8.26. The lowest BCUT2D eigenvalue weighted by molar-refractivity contribution is 0.841. The third kappa shape index (κ3) is 2.60. The summed E-state index contributed by atoms with van der Waals surface area (Å²) >= 11 is 9.63. The first-order chi connectivity index (χ1) is 10.1. The molecule has 2 nitrogen and oxygen atoms in total. The maximum Gasteiger partial charge on any atom is 0.129 e. The molecule has 0 spiro atoms. The van der Waals surface area contributed by atoms with Gasteiger partial charge in [0.2, 0.25) is 0 Å². The fourth-order valence-electron chi connectivity index (χ4n) is 2.64. The highest BCUT2D eigenvalue weighted by molar-refractivity contribution is 9.10. The van der Waals surface area contributed by atoms with Crippen LogP contribution in [0.2, 0.25) is 0 Å².